The average Bonchev–Trinajstić information content (AvgIpc) is 2.21. The topological polar surface area (TPSA) is 95.2 Å². The van der Waals surface area contributed by atoms with E-state index in [1.807, 2.05) is 0 Å². The summed E-state index contributed by atoms with van der Waals surface area (Å²) in [5.41, 5.74) is 10.3. The fourth-order valence-electron chi connectivity index (χ4n) is 0.613. The van der Waals surface area contributed by atoms with Crippen LogP contribution in [-0.2, 0) is 9.47 Å². The van der Waals surface area contributed by atoms with Crippen LogP contribution in [0.2, 0.25) is 0 Å². The molecule has 0 bridgehead atoms. The van der Waals surface area contributed by atoms with Crippen molar-refractivity contribution >= 4 is 12.4 Å². The zero-order valence-corrected chi connectivity index (χ0v) is 8.26. The van der Waals surface area contributed by atoms with E-state index in [2.05, 4.69) is 9.98 Å². The van der Waals surface area contributed by atoms with E-state index in [1.165, 1.54) is 0 Å². The second-order valence-electron chi connectivity index (χ2n) is 2.29. The molecule has 4 N–H and O–H groups in total. The SMILES string of the molecule is NCCOCN=CC=NCCOCN. The first kappa shape index (κ1) is 13.2. The van der Waals surface area contributed by atoms with Crippen LogP contribution in [0.5, 0.6) is 0 Å². The minimum atomic E-state index is 0.233. The van der Waals surface area contributed by atoms with Gasteiger partial charge in [0, 0.05) is 19.0 Å². The summed E-state index contributed by atoms with van der Waals surface area (Å²) in [6.45, 7) is 2.72. The molecule has 0 radical (unpaired) electrons. The first-order valence-electron chi connectivity index (χ1n) is 4.45. The fraction of sp³-hybridized carbons (Fsp3) is 0.750. The molecule has 82 valence electrons. The van der Waals surface area contributed by atoms with E-state index in [0.29, 0.717) is 33.0 Å². The molecule has 0 spiro atoms. The summed E-state index contributed by atoms with van der Waals surface area (Å²) < 4.78 is 9.88. The van der Waals surface area contributed by atoms with E-state index in [-0.39, 0.29) is 6.73 Å². The van der Waals surface area contributed by atoms with Gasteiger partial charge in [-0.3, -0.25) is 9.98 Å². The number of rotatable bonds is 9. The van der Waals surface area contributed by atoms with Gasteiger partial charge in [0.05, 0.1) is 26.5 Å². The molecule has 0 aromatic rings. The van der Waals surface area contributed by atoms with E-state index in [4.69, 9.17) is 20.9 Å². The van der Waals surface area contributed by atoms with Crippen molar-refractivity contribution in [3.63, 3.8) is 0 Å². The Balaban J connectivity index is 3.15. The molecule has 0 amide bonds. The van der Waals surface area contributed by atoms with Gasteiger partial charge in [0.25, 0.3) is 0 Å². The Morgan fingerprint density at radius 2 is 1.79 bits per heavy atom. The summed E-state index contributed by atoms with van der Waals surface area (Å²) >= 11 is 0. The van der Waals surface area contributed by atoms with E-state index >= 15 is 0 Å². The molecule has 0 aromatic carbocycles. The predicted octanol–water partition coefficient (Wildman–Crippen LogP) is -1.01. The van der Waals surface area contributed by atoms with Crippen LogP contribution in [0.1, 0.15) is 0 Å². The molecule has 0 rings (SSSR count). The van der Waals surface area contributed by atoms with Gasteiger partial charge >= 0.3 is 0 Å². The highest BCUT2D eigenvalue weighted by molar-refractivity contribution is 6.15. The predicted molar refractivity (Wildman–Crippen MR) is 56.7 cm³/mol. The van der Waals surface area contributed by atoms with Crippen LogP contribution in [0, 0.1) is 0 Å². The largest absolute Gasteiger partial charge is 0.365 e. The van der Waals surface area contributed by atoms with Crippen molar-refractivity contribution in [3.05, 3.63) is 0 Å². The minimum Gasteiger partial charge on any atom is -0.365 e. The molecule has 0 saturated heterocycles. The Bertz CT molecular complexity index is 143. The zero-order valence-electron chi connectivity index (χ0n) is 8.26. The van der Waals surface area contributed by atoms with Gasteiger partial charge in [-0.25, -0.2) is 0 Å². The van der Waals surface area contributed by atoms with Crippen molar-refractivity contribution in [2.45, 2.75) is 0 Å². The van der Waals surface area contributed by atoms with Gasteiger partial charge in [-0.05, 0) is 0 Å². The van der Waals surface area contributed by atoms with E-state index < -0.39 is 0 Å². The molecule has 6 heteroatoms. The zero-order chi connectivity index (χ0) is 10.5. The summed E-state index contributed by atoms with van der Waals surface area (Å²) in [4.78, 5) is 7.90. The Morgan fingerprint density at radius 3 is 2.50 bits per heavy atom. The number of ether oxygens (including phenoxy) is 2. The van der Waals surface area contributed by atoms with Crippen molar-refractivity contribution < 1.29 is 9.47 Å². The van der Waals surface area contributed by atoms with Crippen molar-refractivity contribution in [1.82, 2.24) is 0 Å². The fourth-order valence-corrected chi connectivity index (χ4v) is 0.613. The minimum absolute atomic E-state index is 0.233. The molecule has 0 aromatic heterocycles. The summed E-state index contributed by atoms with van der Waals surface area (Å²) in [5.74, 6) is 0. The monoisotopic (exact) mass is 202 g/mol. The normalized spacial score (nSPS) is 11.9. The van der Waals surface area contributed by atoms with Gasteiger partial charge in [-0.1, -0.05) is 0 Å². The van der Waals surface area contributed by atoms with Gasteiger partial charge in [0.1, 0.15) is 6.73 Å². The summed E-state index contributed by atoms with van der Waals surface area (Å²) in [7, 11) is 0. The van der Waals surface area contributed by atoms with Gasteiger partial charge in [0.15, 0.2) is 0 Å². The molecule has 0 heterocycles. The first-order valence-corrected chi connectivity index (χ1v) is 4.45. The summed E-state index contributed by atoms with van der Waals surface area (Å²) in [6, 6.07) is 0. The Morgan fingerprint density at radius 1 is 1.00 bits per heavy atom. The molecule has 6 nitrogen and oxygen atoms in total. The lowest BCUT2D eigenvalue weighted by Crippen LogP contribution is -2.08. The molecule has 0 saturated carbocycles. The third kappa shape index (κ3) is 11.2. The lowest BCUT2D eigenvalue weighted by atomic mass is 10.7. The van der Waals surface area contributed by atoms with Crippen molar-refractivity contribution in [1.29, 1.82) is 0 Å². The number of nitrogens with two attached hydrogens (primary N) is 2. The van der Waals surface area contributed by atoms with Crippen LogP contribution in [-0.4, -0.2) is 52.2 Å². The lowest BCUT2D eigenvalue weighted by Gasteiger charge is -1.95. The maximum atomic E-state index is 5.21. The third-order valence-corrected chi connectivity index (χ3v) is 1.19. The van der Waals surface area contributed by atoms with Gasteiger partial charge < -0.3 is 20.9 Å². The molecule has 0 aliphatic carbocycles. The number of hydrogen-bond donors (Lipinski definition) is 2. The summed E-state index contributed by atoms with van der Waals surface area (Å²) in [6.07, 6.45) is 3.19. The third-order valence-electron chi connectivity index (χ3n) is 1.19. The molecule has 0 aliphatic rings. The van der Waals surface area contributed by atoms with Crippen LogP contribution >= 0.6 is 0 Å². The van der Waals surface area contributed by atoms with Gasteiger partial charge in [-0.15, -0.1) is 0 Å². The first-order chi connectivity index (χ1) is 6.91. The number of hydrogen-bond acceptors (Lipinski definition) is 6. The molecule has 14 heavy (non-hydrogen) atoms. The van der Waals surface area contributed by atoms with Gasteiger partial charge in [0.2, 0.25) is 0 Å². The van der Waals surface area contributed by atoms with Crippen LogP contribution < -0.4 is 11.5 Å². The van der Waals surface area contributed by atoms with E-state index in [1.54, 1.807) is 12.4 Å². The number of aliphatic imine (C=N–C) groups is 2. The second-order valence-corrected chi connectivity index (χ2v) is 2.29. The second kappa shape index (κ2) is 12.2. The maximum Gasteiger partial charge on any atom is 0.137 e. The van der Waals surface area contributed by atoms with Crippen LogP contribution in [0.15, 0.2) is 9.98 Å². The molecular weight excluding hydrogens is 184 g/mol. The highest BCUT2D eigenvalue weighted by Crippen LogP contribution is 1.73. The smallest absolute Gasteiger partial charge is 0.137 e. The van der Waals surface area contributed by atoms with Crippen molar-refractivity contribution in [2.24, 2.45) is 21.5 Å². The molecule has 0 aliphatic heterocycles. The Hall–Kier alpha value is -0.820. The van der Waals surface area contributed by atoms with E-state index in [0.717, 1.165) is 0 Å². The molecular formula is C8H18N4O2. The molecule has 0 unspecified atom stereocenters. The summed E-state index contributed by atoms with van der Waals surface area (Å²) in [5, 5.41) is 0. The van der Waals surface area contributed by atoms with Crippen molar-refractivity contribution in [3.8, 4) is 0 Å². The van der Waals surface area contributed by atoms with E-state index in [9.17, 15) is 0 Å². The lowest BCUT2D eigenvalue weighted by molar-refractivity contribution is 0.149. The van der Waals surface area contributed by atoms with Crippen LogP contribution in [0.3, 0.4) is 0 Å². The Kier molecular flexibility index (Phi) is 11.5. The average molecular weight is 202 g/mol. The highest BCUT2D eigenvalue weighted by atomic mass is 16.5. The van der Waals surface area contributed by atoms with Crippen molar-refractivity contribution in [2.75, 3.05) is 39.8 Å². The van der Waals surface area contributed by atoms with Crippen LogP contribution in [0.4, 0.5) is 0 Å². The number of nitrogens with zero attached hydrogens (tertiary/aromatic N) is 2. The van der Waals surface area contributed by atoms with Gasteiger partial charge in [-0.2, -0.15) is 0 Å². The highest BCUT2D eigenvalue weighted by Gasteiger charge is 1.80. The molecule has 0 fully saturated rings. The quantitative estimate of drug-likeness (QED) is 0.284. The standard InChI is InChI=1S/C8H18N4O2/c9-1-5-14-8-12-3-2-11-4-6-13-7-10/h2-3H,1,4-10H2. The van der Waals surface area contributed by atoms with Crippen LogP contribution in [0.25, 0.3) is 0 Å². The maximum absolute atomic E-state index is 5.21. The Labute approximate surface area is 84.0 Å². The molecule has 0 atom stereocenters.